The molecule has 1 amide bonds. The van der Waals surface area contributed by atoms with Gasteiger partial charge < -0.3 is 15.1 Å². The van der Waals surface area contributed by atoms with E-state index in [0.717, 1.165) is 48.8 Å². The first-order valence-corrected chi connectivity index (χ1v) is 11.0. The van der Waals surface area contributed by atoms with Crippen LogP contribution in [0.2, 0.25) is 0 Å². The van der Waals surface area contributed by atoms with Crippen molar-refractivity contribution in [1.29, 1.82) is 0 Å². The highest BCUT2D eigenvalue weighted by Crippen LogP contribution is 2.40. The van der Waals surface area contributed by atoms with Crippen LogP contribution in [-0.2, 0) is 4.79 Å². The Bertz CT molecular complexity index is 980. The number of rotatable bonds is 6. The number of fused-ring (bicyclic) bond motifs is 1. The molecule has 2 aromatic heterocycles. The number of hydrogen-bond donors (Lipinski definition) is 1. The van der Waals surface area contributed by atoms with Crippen LogP contribution in [0.1, 0.15) is 18.2 Å². The van der Waals surface area contributed by atoms with Gasteiger partial charge in [-0.15, -0.1) is 11.3 Å². The lowest BCUT2D eigenvalue weighted by Crippen LogP contribution is -2.48. The number of thiophene rings is 1. The van der Waals surface area contributed by atoms with Gasteiger partial charge in [0.25, 0.3) is 0 Å². The smallest absolute Gasteiger partial charge is 0.224 e. The molecule has 152 valence electrons. The molecule has 1 fully saturated rings. The van der Waals surface area contributed by atoms with Crippen LogP contribution in [0.15, 0.2) is 36.7 Å². The summed E-state index contributed by atoms with van der Waals surface area (Å²) in [4.78, 5) is 28.1. The summed E-state index contributed by atoms with van der Waals surface area (Å²) in [6.07, 6.45) is 2.07. The minimum Gasteiger partial charge on any atom is -0.369 e. The molecule has 1 N–H and O–H groups in total. The summed E-state index contributed by atoms with van der Waals surface area (Å²) in [6, 6.07) is 10.3. The number of aromatic nitrogens is 2. The van der Waals surface area contributed by atoms with Crippen molar-refractivity contribution >= 4 is 33.3 Å². The van der Waals surface area contributed by atoms with Crippen molar-refractivity contribution in [1.82, 2.24) is 19.8 Å². The van der Waals surface area contributed by atoms with E-state index in [2.05, 4.69) is 46.2 Å². The predicted molar refractivity (Wildman–Crippen MR) is 119 cm³/mol. The highest BCUT2D eigenvalue weighted by molar-refractivity contribution is 7.19. The van der Waals surface area contributed by atoms with Crippen molar-refractivity contribution in [2.24, 2.45) is 0 Å². The molecule has 3 aromatic rings. The van der Waals surface area contributed by atoms with Gasteiger partial charge in [0, 0.05) is 49.6 Å². The number of nitrogens with one attached hydrogen (secondary N) is 1. The van der Waals surface area contributed by atoms with Crippen LogP contribution in [0.4, 0.5) is 5.82 Å². The fourth-order valence-corrected chi connectivity index (χ4v) is 4.90. The van der Waals surface area contributed by atoms with Gasteiger partial charge in [0.15, 0.2) is 0 Å². The summed E-state index contributed by atoms with van der Waals surface area (Å²) in [7, 11) is 0. The lowest BCUT2D eigenvalue weighted by molar-refractivity contribution is -0.132. The number of amides is 1. The largest absolute Gasteiger partial charge is 0.369 e. The molecule has 0 unspecified atom stereocenters. The molecule has 6 nitrogen and oxygen atoms in total. The zero-order valence-corrected chi connectivity index (χ0v) is 17.8. The Labute approximate surface area is 175 Å². The van der Waals surface area contributed by atoms with Crippen molar-refractivity contribution in [3.63, 3.8) is 0 Å². The van der Waals surface area contributed by atoms with Crippen LogP contribution in [-0.4, -0.2) is 64.9 Å². The minimum absolute atomic E-state index is 0.211. The third kappa shape index (κ3) is 4.26. The van der Waals surface area contributed by atoms with Crippen LogP contribution in [0, 0.1) is 6.92 Å². The molecule has 0 bridgehead atoms. The Kier molecular flexibility index (Phi) is 6.06. The quantitative estimate of drug-likeness (QED) is 0.674. The average molecular weight is 410 g/mol. The lowest BCUT2D eigenvalue weighted by Gasteiger charge is -2.34. The molecule has 0 aliphatic carbocycles. The predicted octanol–water partition coefficient (Wildman–Crippen LogP) is 3.63. The Morgan fingerprint density at radius 1 is 1.14 bits per heavy atom. The normalized spacial score (nSPS) is 15.0. The maximum absolute atomic E-state index is 12.6. The number of carbonyl (C=O) groups is 1. The van der Waals surface area contributed by atoms with E-state index in [1.807, 2.05) is 23.1 Å². The Balaban J connectivity index is 1.47. The summed E-state index contributed by atoms with van der Waals surface area (Å²) in [5.74, 6) is 1.02. The Morgan fingerprint density at radius 2 is 1.90 bits per heavy atom. The maximum Gasteiger partial charge on any atom is 0.224 e. The number of benzene rings is 1. The third-order valence-electron chi connectivity index (χ3n) is 5.53. The average Bonchev–Trinajstić information content (AvgIpc) is 3.11. The van der Waals surface area contributed by atoms with Crippen molar-refractivity contribution in [3.05, 3.63) is 41.5 Å². The number of anilines is 1. The van der Waals surface area contributed by atoms with Gasteiger partial charge in [0.05, 0.1) is 5.39 Å². The number of likely N-dealkylation sites (N-methyl/N-ethyl adjacent to an activating group) is 1. The summed E-state index contributed by atoms with van der Waals surface area (Å²) < 4.78 is 0. The third-order valence-corrected chi connectivity index (χ3v) is 6.54. The van der Waals surface area contributed by atoms with Gasteiger partial charge >= 0.3 is 0 Å². The molecule has 1 aliphatic heterocycles. The maximum atomic E-state index is 12.6. The summed E-state index contributed by atoms with van der Waals surface area (Å²) in [6.45, 7) is 9.50. The standard InChI is InChI=1S/C22H27N5OS/c1-3-26-11-13-27(14-12-26)18(28)9-10-23-21-20-19(17-7-5-4-6-8-17)16(2)29-22(20)25-15-24-21/h4-8,15H,3,9-14H2,1-2H3,(H,23,24,25). The fraction of sp³-hybridized carbons (Fsp3) is 0.409. The van der Waals surface area contributed by atoms with Gasteiger partial charge in [0.1, 0.15) is 17.0 Å². The van der Waals surface area contributed by atoms with Crippen LogP contribution >= 0.6 is 11.3 Å². The first-order chi connectivity index (χ1) is 14.2. The van der Waals surface area contributed by atoms with Gasteiger partial charge in [-0.05, 0) is 19.0 Å². The number of hydrogen-bond acceptors (Lipinski definition) is 6. The number of nitrogens with zero attached hydrogens (tertiary/aromatic N) is 4. The van der Waals surface area contributed by atoms with Crippen LogP contribution in [0.25, 0.3) is 21.3 Å². The zero-order chi connectivity index (χ0) is 20.2. The van der Waals surface area contributed by atoms with E-state index < -0.39 is 0 Å². The highest BCUT2D eigenvalue weighted by atomic mass is 32.1. The summed E-state index contributed by atoms with van der Waals surface area (Å²) >= 11 is 1.68. The van der Waals surface area contributed by atoms with Gasteiger partial charge in [-0.1, -0.05) is 37.3 Å². The zero-order valence-electron chi connectivity index (χ0n) is 17.0. The molecule has 4 rings (SSSR count). The van der Waals surface area contributed by atoms with E-state index >= 15 is 0 Å². The molecule has 0 radical (unpaired) electrons. The number of piperazine rings is 1. The summed E-state index contributed by atoms with van der Waals surface area (Å²) in [5.41, 5.74) is 2.34. The second kappa shape index (κ2) is 8.88. The van der Waals surface area contributed by atoms with E-state index in [1.54, 1.807) is 17.7 Å². The molecule has 1 aromatic carbocycles. The van der Waals surface area contributed by atoms with Crippen molar-refractivity contribution in [2.45, 2.75) is 20.3 Å². The molecular weight excluding hydrogens is 382 g/mol. The van der Waals surface area contributed by atoms with Crippen LogP contribution < -0.4 is 5.32 Å². The van der Waals surface area contributed by atoms with Crippen LogP contribution in [0.5, 0.6) is 0 Å². The van der Waals surface area contributed by atoms with E-state index in [1.165, 1.54) is 16.0 Å². The minimum atomic E-state index is 0.211. The second-order valence-electron chi connectivity index (χ2n) is 7.29. The van der Waals surface area contributed by atoms with Gasteiger partial charge in [-0.3, -0.25) is 4.79 Å². The molecule has 1 aliphatic rings. The Morgan fingerprint density at radius 3 is 2.62 bits per heavy atom. The van der Waals surface area contributed by atoms with E-state index in [-0.39, 0.29) is 5.91 Å². The molecule has 0 spiro atoms. The monoisotopic (exact) mass is 409 g/mol. The fourth-order valence-electron chi connectivity index (χ4n) is 3.89. The van der Waals surface area contributed by atoms with Crippen molar-refractivity contribution in [3.8, 4) is 11.1 Å². The first kappa shape index (κ1) is 19.8. The van der Waals surface area contributed by atoms with E-state index in [0.29, 0.717) is 13.0 Å². The molecule has 0 saturated carbocycles. The lowest BCUT2D eigenvalue weighted by atomic mass is 10.0. The van der Waals surface area contributed by atoms with Crippen molar-refractivity contribution in [2.75, 3.05) is 44.6 Å². The molecule has 7 heteroatoms. The highest BCUT2D eigenvalue weighted by Gasteiger charge is 2.20. The number of carbonyl (C=O) groups excluding carboxylic acids is 1. The molecule has 3 heterocycles. The first-order valence-electron chi connectivity index (χ1n) is 10.2. The van der Waals surface area contributed by atoms with Crippen molar-refractivity contribution < 1.29 is 4.79 Å². The second-order valence-corrected chi connectivity index (χ2v) is 8.50. The van der Waals surface area contributed by atoms with Gasteiger partial charge in [-0.25, -0.2) is 9.97 Å². The van der Waals surface area contributed by atoms with Gasteiger partial charge in [0.2, 0.25) is 5.91 Å². The number of aryl methyl sites for hydroxylation is 1. The van der Waals surface area contributed by atoms with Gasteiger partial charge in [-0.2, -0.15) is 0 Å². The Hall–Kier alpha value is -2.51. The SMILES string of the molecule is CCN1CCN(C(=O)CCNc2ncnc3sc(C)c(-c4ccccc4)c23)CC1. The van der Waals surface area contributed by atoms with E-state index in [4.69, 9.17) is 0 Å². The molecule has 0 atom stereocenters. The topological polar surface area (TPSA) is 61.4 Å². The van der Waals surface area contributed by atoms with E-state index in [9.17, 15) is 4.79 Å². The van der Waals surface area contributed by atoms with Crippen LogP contribution in [0.3, 0.4) is 0 Å². The summed E-state index contributed by atoms with van der Waals surface area (Å²) in [5, 5.41) is 4.45. The molecule has 1 saturated heterocycles. The molecular formula is C22H27N5OS. The molecule has 29 heavy (non-hydrogen) atoms.